The van der Waals surface area contributed by atoms with Crippen molar-refractivity contribution in [1.82, 2.24) is 4.98 Å². The maximum Gasteiger partial charge on any atom is 0.257 e. The second-order valence-electron chi connectivity index (χ2n) is 7.91. The topological polar surface area (TPSA) is 63.2 Å². The number of pyridine rings is 1. The minimum Gasteiger partial charge on any atom is -0.413 e. The Bertz CT molecular complexity index is 813. The van der Waals surface area contributed by atoms with E-state index in [1.807, 2.05) is 24.3 Å². The number of aromatic nitrogens is 1. The van der Waals surface area contributed by atoms with E-state index in [1.165, 1.54) is 0 Å². The molecule has 0 atom stereocenters. The van der Waals surface area contributed by atoms with Gasteiger partial charge in [-0.05, 0) is 48.0 Å². The fourth-order valence-electron chi connectivity index (χ4n) is 2.39. The molecule has 0 aliphatic carbocycles. The molecule has 25 heavy (non-hydrogen) atoms. The Hall–Kier alpha value is -2.18. The Labute approximate surface area is 150 Å². The normalized spacial score (nSPS) is 14.0. The number of benzene rings is 1. The summed E-state index contributed by atoms with van der Waals surface area (Å²) < 4.78 is 6.29. The van der Waals surface area contributed by atoms with Gasteiger partial charge in [0.1, 0.15) is 0 Å². The van der Waals surface area contributed by atoms with E-state index in [1.54, 1.807) is 12.3 Å². The summed E-state index contributed by atoms with van der Waals surface area (Å²) >= 11 is 0. The standard InChI is InChI=1S/C19H25N3O2Si/c1-19(2,3)25(4,5)24-12-13-8-9-14-16(11-13)21-17-15(22-18(14)23)7-6-10-20-17/h6-11H,12H2,1-5H3,(H,20,21)(H,22,23). The number of carbonyl (C=O) groups is 1. The van der Waals surface area contributed by atoms with Gasteiger partial charge in [-0.25, -0.2) is 4.98 Å². The molecule has 1 aliphatic heterocycles. The Balaban J connectivity index is 1.86. The summed E-state index contributed by atoms with van der Waals surface area (Å²) in [5.41, 5.74) is 3.09. The van der Waals surface area contributed by atoms with Crippen LogP contribution in [0.1, 0.15) is 36.7 Å². The van der Waals surface area contributed by atoms with E-state index in [9.17, 15) is 4.79 Å². The minimum absolute atomic E-state index is 0.133. The zero-order valence-corrected chi connectivity index (χ0v) is 16.4. The van der Waals surface area contributed by atoms with Gasteiger partial charge in [0, 0.05) is 6.20 Å². The molecule has 1 aliphatic rings. The van der Waals surface area contributed by atoms with Crippen molar-refractivity contribution in [3.63, 3.8) is 0 Å². The highest BCUT2D eigenvalue weighted by molar-refractivity contribution is 6.74. The van der Waals surface area contributed by atoms with Gasteiger partial charge in [0.15, 0.2) is 14.1 Å². The Morgan fingerprint density at radius 1 is 1.12 bits per heavy atom. The van der Waals surface area contributed by atoms with Crippen LogP contribution in [-0.2, 0) is 11.0 Å². The summed E-state index contributed by atoms with van der Waals surface area (Å²) in [7, 11) is -1.82. The fraction of sp³-hybridized carbons (Fsp3) is 0.368. The lowest BCUT2D eigenvalue weighted by Gasteiger charge is -2.36. The SMILES string of the molecule is CC(C)(C)[Si](C)(C)OCc1ccc2c(c1)Nc1ncccc1NC2=O. The summed E-state index contributed by atoms with van der Waals surface area (Å²) in [5.74, 6) is 0.517. The smallest absolute Gasteiger partial charge is 0.257 e. The number of hydrogen-bond donors (Lipinski definition) is 2. The van der Waals surface area contributed by atoms with Crippen LogP contribution in [0.4, 0.5) is 17.2 Å². The van der Waals surface area contributed by atoms with Gasteiger partial charge in [-0.1, -0.05) is 26.8 Å². The predicted molar refractivity (Wildman–Crippen MR) is 104 cm³/mol. The van der Waals surface area contributed by atoms with Crippen molar-refractivity contribution in [2.45, 2.75) is 45.5 Å². The van der Waals surface area contributed by atoms with E-state index in [2.05, 4.69) is 49.5 Å². The van der Waals surface area contributed by atoms with Crippen molar-refractivity contribution in [2.24, 2.45) is 0 Å². The van der Waals surface area contributed by atoms with Crippen molar-refractivity contribution in [3.8, 4) is 0 Å². The average Bonchev–Trinajstić information content (AvgIpc) is 2.67. The van der Waals surface area contributed by atoms with Gasteiger partial charge in [-0.15, -0.1) is 0 Å². The van der Waals surface area contributed by atoms with Crippen molar-refractivity contribution in [1.29, 1.82) is 0 Å². The predicted octanol–water partition coefficient (Wildman–Crippen LogP) is 4.91. The molecule has 1 amide bonds. The number of rotatable bonds is 3. The molecule has 1 aromatic heterocycles. The molecule has 0 saturated carbocycles. The maximum atomic E-state index is 12.4. The highest BCUT2D eigenvalue weighted by Gasteiger charge is 2.37. The number of anilines is 3. The van der Waals surface area contributed by atoms with Gasteiger partial charge in [0.2, 0.25) is 0 Å². The van der Waals surface area contributed by atoms with Gasteiger partial charge >= 0.3 is 0 Å². The molecule has 6 heteroatoms. The van der Waals surface area contributed by atoms with Crippen molar-refractivity contribution >= 4 is 31.4 Å². The molecule has 2 heterocycles. The van der Waals surface area contributed by atoms with Crippen molar-refractivity contribution in [2.75, 3.05) is 10.6 Å². The van der Waals surface area contributed by atoms with E-state index in [0.29, 0.717) is 23.7 Å². The van der Waals surface area contributed by atoms with Crippen molar-refractivity contribution < 1.29 is 9.22 Å². The molecular formula is C19H25N3O2Si. The summed E-state index contributed by atoms with van der Waals surface area (Å²) in [5, 5.41) is 6.31. The van der Waals surface area contributed by atoms with Crippen LogP contribution in [0.2, 0.25) is 18.1 Å². The highest BCUT2D eigenvalue weighted by Crippen LogP contribution is 2.37. The van der Waals surface area contributed by atoms with E-state index in [-0.39, 0.29) is 10.9 Å². The van der Waals surface area contributed by atoms with Gasteiger partial charge < -0.3 is 15.1 Å². The van der Waals surface area contributed by atoms with Crippen LogP contribution in [-0.4, -0.2) is 19.2 Å². The molecule has 132 valence electrons. The van der Waals surface area contributed by atoms with Crippen molar-refractivity contribution in [3.05, 3.63) is 47.7 Å². The zero-order chi connectivity index (χ0) is 18.2. The molecule has 0 unspecified atom stereocenters. The number of hydrogen-bond acceptors (Lipinski definition) is 4. The molecule has 3 rings (SSSR count). The lowest BCUT2D eigenvalue weighted by atomic mass is 10.1. The van der Waals surface area contributed by atoms with Gasteiger partial charge in [-0.3, -0.25) is 4.79 Å². The van der Waals surface area contributed by atoms with Gasteiger partial charge in [-0.2, -0.15) is 0 Å². The van der Waals surface area contributed by atoms with E-state index in [4.69, 9.17) is 4.43 Å². The largest absolute Gasteiger partial charge is 0.413 e. The van der Waals surface area contributed by atoms with Crippen LogP contribution in [0.15, 0.2) is 36.5 Å². The molecular weight excluding hydrogens is 330 g/mol. The van der Waals surface area contributed by atoms with E-state index in [0.717, 1.165) is 11.3 Å². The molecule has 0 fully saturated rings. The van der Waals surface area contributed by atoms with Gasteiger partial charge in [0.05, 0.1) is 23.5 Å². The second-order valence-corrected chi connectivity index (χ2v) is 12.7. The summed E-state index contributed by atoms with van der Waals surface area (Å²) in [6.45, 7) is 11.7. The third-order valence-corrected chi connectivity index (χ3v) is 9.52. The zero-order valence-electron chi connectivity index (χ0n) is 15.4. The average molecular weight is 356 g/mol. The number of fused-ring (bicyclic) bond motifs is 2. The first-order chi connectivity index (χ1) is 11.7. The molecule has 2 N–H and O–H groups in total. The van der Waals surface area contributed by atoms with Crippen LogP contribution in [0, 0.1) is 0 Å². The Morgan fingerprint density at radius 3 is 2.60 bits per heavy atom. The Kier molecular flexibility index (Phi) is 4.43. The van der Waals surface area contributed by atoms with Crippen LogP contribution < -0.4 is 10.6 Å². The molecule has 0 radical (unpaired) electrons. The van der Waals surface area contributed by atoms with E-state index >= 15 is 0 Å². The molecule has 2 aromatic rings. The molecule has 5 nitrogen and oxygen atoms in total. The van der Waals surface area contributed by atoms with Gasteiger partial charge in [0.25, 0.3) is 5.91 Å². The van der Waals surface area contributed by atoms with E-state index < -0.39 is 8.32 Å². The first-order valence-electron chi connectivity index (χ1n) is 8.48. The number of amides is 1. The maximum absolute atomic E-state index is 12.4. The molecule has 1 aromatic carbocycles. The van der Waals surface area contributed by atoms with Crippen LogP contribution >= 0.6 is 0 Å². The fourth-order valence-corrected chi connectivity index (χ4v) is 3.35. The first kappa shape index (κ1) is 17.6. The number of nitrogens with zero attached hydrogens (tertiary/aromatic N) is 1. The monoisotopic (exact) mass is 355 g/mol. The third kappa shape index (κ3) is 3.60. The lowest BCUT2D eigenvalue weighted by Crippen LogP contribution is -2.40. The number of carbonyl (C=O) groups excluding carboxylic acids is 1. The van der Waals surface area contributed by atoms with Crippen LogP contribution in [0.3, 0.4) is 0 Å². The summed E-state index contributed by atoms with van der Waals surface area (Å²) in [4.78, 5) is 16.7. The quantitative estimate of drug-likeness (QED) is 0.768. The van der Waals surface area contributed by atoms with Crippen LogP contribution in [0.25, 0.3) is 0 Å². The third-order valence-electron chi connectivity index (χ3n) is 5.04. The molecule has 0 spiro atoms. The second kappa shape index (κ2) is 6.27. The van der Waals surface area contributed by atoms with Crippen LogP contribution in [0.5, 0.6) is 0 Å². The number of nitrogens with one attached hydrogen (secondary N) is 2. The minimum atomic E-state index is -1.82. The first-order valence-corrected chi connectivity index (χ1v) is 11.4. The Morgan fingerprint density at radius 2 is 1.88 bits per heavy atom. The molecule has 0 bridgehead atoms. The summed E-state index contributed by atoms with van der Waals surface area (Å²) in [6, 6.07) is 9.41. The lowest BCUT2D eigenvalue weighted by molar-refractivity contribution is 0.102. The highest BCUT2D eigenvalue weighted by atomic mass is 28.4. The summed E-state index contributed by atoms with van der Waals surface area (Å²) in [6.07, 6.45) is 1.70. The molecule has 0 saturated heterocycles.